The van der Waals surface area contributed by atoms with Crippen LogP contribution in [0.3, 0.4) is 0 Å². The summed E-state index contributed by atoms with van der Waals surface area (Å²) >= 11 is 9.33. The molecule has 1 aliphatic rings. The summed E-state index contributed by atoms with van der Waals surface area (Å²) in [5.41, 5.74) is 6.30. The van der Waals surface area contributed by atoms with Crippen molar-refractivity contribution in [2.24, 2.45) is 11.7 Å². The van der Waals surface area contributed by atoms with Crippen molar-refractivity contribution in [3.63, 3.8) is 0 Å². The van der Waals surface area contributed by atoms with Gasteiger partial charge in [0.25, 0.3) is 5.91 Å². The number of carbonyl (C=O) groups excluding carboxylic acids is 1. The van der Waals surface area contributed by atoms with Crippen molar-refractivity contribution in [1.29, 1.82) is 0 Å². The van der Waals surface area contributed by atoms with Gasteiger partial charge in [-0.05, 0) is 44.0 Å². The van der Waals surface area contributed by atoms with Crippen LogP contribution in [0.2, 0.25) is 5.02 Å². The van der Waals surface area contributed by atoms with Crippen molar-refractivity contribution in [3.05, 3.63) is 33.3 Å². The molecule has 1 aromatic carbocycles. The van der Waals surface area contributed by atoms with Crippen LogP contribution in [0, 0.1) is 5.92 Å². The summed E-state index contributed by atoms with van der Waals surface area (Å²) in [6.07, 6.45) is 0.976. The number of benzene rings is 1. The summed E-state index contributed by atoms with van der Waals surface area (Å²) < 4.78 is 0.820. The van der Waals surface area contributed by atoms with Crippen LogP contribution in [-0.4, -0.2) is 29.9 Å². The number of amides is 1. The maximum absolute atomic E-state index is 12.4. The number of rotatable bonds is 2. The number of hydrogen-bond donors (Lipinski definition) is 1. The van der Waals surface area contributed by atoms with Crippen LogP contribution in [0.25, 0.3) is 0 Å². The molecule has 0 radical (unpaired) electrons. The van der Waals surface area contributed by atoms with E-state index in [0.717, 1.165) is 17.4 Å². The van der Waals surface area contributed by atoms with Crippen molar-refractivity contribution in [2.75, 3.05) is 13.1 Å². The van der Waals surface area contributed by atoms with Crippen molar-refractivity contribution >= 4 is 33.4 Å². The summed E-state index contributed by atoms with van der Waals surface area (Å²) in [5.74, 6) is 0.438. The minimum atomic E-state index is 0.0293. The smallest absolute Gasteiger partial charge is 0.254 e. The topological polar surface area (TPSA) is 46.3 Å². The van der Waals surface area contributed by atoms with Gasteiger partial charge in [-0.25, -0.2) is 0 Å². The van der Waals surface area contributed by atoms with Gasteiger partial charge in [0.1, 0.15) is 0 Å². The third-order valence-electron chi connectivity index (χ3n) is 3.37. The van der Waals surface area contributed by atoms with Crippen LogP contribution in [0.15, 0.2) is 22.7 Å². The van der Waals surface area contributed by atoms with Crippen LogP contribution in [0.1, 0.15) is 23.7 Å². The van der Waals surface area contributed by atoms with Crippen molar-refractivity contribution in [2.45, 2.75) is 19.4 Å². The van der Waals surface area contributed by atoms with Crippen LogP contribution in [0.4, 0.5) is 0 Å². The van der Waals surface area contributed by atoms with Crippen LogP contribution < -0.4 is 5.73 Å². The van der Waals surface area contributed by atoms with E-state index in [-0.39, 0.29) is 11.9 Å². The van der Waals surface area contributed by atoms with Crippen molar-refractivity contribution in [3.8, 4) is 0 Å². The highest BCUT2D eigenvalue weighted by atomic mass is 79.9. The van der Waals surface area contributed by atoms with E-state index < -0.39 is 0 Å². The average Bonchev–Trinajstić information content (AvgIpc) is 2.68. The third kappa shape index (κ3) is 2.87. The highest BCUT2D eigenvalue weighted by molar-refractivity contribution is 9.10. The lowest BCUT2D eigenvalue weighted by Gasteiger charge is -2.21. The van der Waals surface area contributed by atoms with Gasteiger partial charge in [0.2, 0.25) is 0 Å². The monoisotopic (exact) mass is 330 g/mol. The van der Waals surface area contributed by atoms with E-state index in [0.29, 0.717) is 23.0 Å². The fourth-order valence-corrected chi connectivity index (χ4v) is 3.30. The van der Waals surface area contributed by atoms with Crippen molar-refractivity contribution in [1.82, 2.24) is 4.90 Å². The molecule has 98 valence electrons. The molecule has 2 N–H and O–H groups in total. The molecule has 1 fully saturated rings. The largest absolute Gasteiger partial charge is 0.336 e. The van der Waals surface area contributed by atoms with Crippen LogP contribution in [0.5, 0.6) is 0 Å². The van der Waals surface area contributed by atoms with E-state index in [4.69, 9.17) is 17.3 Å². The predicted molar refractivity (Wildman–Crippen MR) is 76.8 cm³/mol. The van der Waals surface area contributed by atoms with E-state index in [9.17, 15) is 4.79 Å². The Labute approximate surface area is 120 Å². The lowest BCUT2D eigenvalue weighted by Crippen LogP contribution is -2.34. The number of hydrogen-bond acceptors (Lipinski definition) is 2. The minimum absolute atomic E-state index is 0.0293. The summed E-state index contributed by atoms with van der Waals surface area (Å²) in [5, 5.41) is 0.565. The summed E-state index contributed by atoms with van der Waals surface area (Å²) in [6.45, 7) is 3.43. The number of carbonyl (C=O) groups is 1. The molecule has 18 heavy (non-hydrogen) atoms. The molecule has 1 amide bonds. The van der Waals surface area contributed by atoms with Gasteiger partial charge < -0.3 is 10.6 Å². The number of halogens is 2. The number of nitrogens with two attached hydrogens (primary N) is 1. The van der Waals surface area contributed by atoms with E-state index >= 15 is 0 Å². The SMILES string of the molecule is CC1CC(CN)CN1C(=O)c1cc(Cl)cc(Br)c1. The first kappa shape index (κ1) is 13.8. The van der Waals surface area contributed by atoms with Gasteiger partial charge in [0.15, 0.2) is 0 Å². The molecular weight excluding hydrogens is 316 g/mol. The van der Waals surface area contributed by atoms with Gasteiger partial charge in [-0.1, -0.05) is 27.5 Å². The van der Waals surface area contributed by atoms with Crippen LogP contribution in [-0.2, 0) is 0 Å². The molecule has 2 rings (SSSR count). The van der Waals surface area contributed by atoms with Crippen molar-refractivity contribution < 1.29 is 4.79 Å². The van der Waals surface area contributed by atoms with E-state index in [1.807, 2.05) is 4.90 Å². The normalized spacial score (nSPS) is 23.4. The molecule has 1 heterocycles. The quantitative estimate of drug-likeness (QED) is 0.905. The standard InChI is InChI=1S/C13H16BrClN2O/c1-8-2-9(6-16)7-17(8)13(18)10-3-11(14)5-12(15)4-10/h3-5,8-9H,2,6-7,16H2,1H3. The summed E-state index contributed by atoms with van der Waals surface area (Å²) in [4.78, 5) is 14.3. The molecule has 1 aliphatic heterocycles. The predicted octanol–water partition coefficient (Wildman–Crippen LogP) is 2.91. The number of likely N-dealkylation sites (tertiary alicyclic amines) is 1. The Morgan fingerprint density at radius 3 is 2.83 bits per heavy atom. The zero-order valence-electron chi connectivity index (χ0n) is 10.2. The minimum Gasteiger partial charge on any atom is -0.336 e. The lowest BCUT2D eigenvalue weighted by molar-refractivity contribution is 0.0743. The highest BCUT2D eigenvalue weighted by Gasteiger charge is 2.32. The van der Waals surface area contributed by atoms with Gasteiger partial charge in [0, 0.05) is 27.6 Å². The lowest BCUT2D eigenvalue weighted by atomic mass is 10.1. The van der Waals surface area contributed by atoms with Gasteiger partial charge in [-0.3, -0.25) is 4.79 Å². The average molecular weight is 332 g/mol. The molecule has 0 aliphatic carbocycles. The first-order valence-corrected chi connectivity index (χ1v) is 7.15. The highest BCUT2D eigenvalue weighted by Crippen LogP contribution is 2.26. The first-order chi connectivity index (χ1) is 8.51. The Hall–Kier alpha value is -0.580. The third-order valence-corrected chi connectivity index (χ3v) is 4.04. The van der Waals surface area contributed by atoms with Crippen LogP contribution >= 0.6 is 27.5 Å². The first-order valence-electron chi connectivity index (χ1n) is 5.98. The molecule has 0 bridgehead atoms. The molecule has 0 aromatic heterocycles. The molecule has 0 spiro atoms. The second-order valence-electron chi connectivity index (χ2n) is 4.80. The van der Waals surface area contributed by atoms with E-state index in [2.05, 4.69) is 22.9 Å². The molecular formula is C13H16BrClN2O. The maximum atomic E-state index is 12.4. The Bertz CT molecular complexity index is 446. The Balaban J connectivity index is 2.21. The molecule has 2 unspecified atom stereocenters. The molecule has 1 saturated heterocycles. The maximum Gasteiger partial charge on any atom is 0.254 e. The Morgan fingerprint density at radius 2 is 2.28 bits per heavy atom. The Morgan fingerprint density at radius 1 is 1.56 bits per heavy atom. The zero-order valence-corrected chi connectivity index (χ0v) is 12.5. The number of nitrogens with zero attached hydrogens (tertiary/aromatic N) is 1. The van der Waals surface area contributed by atoms with E-state index in [1.165, 1.54) is 0 Å². The van der Waals surface area contributed by atoms with Gasteiger partial charge >= 0.3 is 0 Å². The fourth-order valence-electron chi connectivity index (χ4n) is 2.44. The van der Waals surface area contributed by atoms with Gasteiger partial charge in [-0.2, -0.15) is 0 Å². The van der Waals surface area contributed by atoms with E-state index in [1.54, 1.807) is 18.2 Å². The molecule has 5 heteroatoms. The summed E-state index contributed by atoms with van der Waals surface area (Å²) in [7, 11) is 0. The fraction of sp³-hybridized carbons (Fsp3) is 0.462. The molecule has 0 saturated carbocycles. The Kier molecular flexibility index (Phi) is 4.30. The van der Waals surface area contributed by atoms with Gasteiger partial charge in [-0.15, -0.1) is 0 Å². The second-order valence-corrected chi connectivity index (χ2v) is 6.15. The summed E-state index contributed by atoms with van der Waals surface area (Å²) in [6, 6.07) is 5.52. The molecule has 2 atom stereocenters. The van der Waals surface area contributed by atoms with Gasteiger partial charge in [0.05, 0.1) is 0 Å². The zero-order chi connectivity index (χ0) is 13.3. The second kappa shape index (κ2) is 5.59. The molecule has 1 aromatic rings. The molecule has 3 nitrogen and oxygen atoms in total.